The van der Waals surface area contributed by atoms with Crippen molar-refractivity contribution in [2.45, 2.75) is 51.7 Å². The maximum absolute atomic E-state index is 6.27. The third-order valence-corrected chi connectivity index (χ3v) is 3.88. The minimum Gasteiger partial charge on any atom is -0.466 e. The number of hydrogen-bond donors (Lipinski definition) is 1. The lowest BCUT2D eigenvalue weighted by Crippen LogP contribution is -2.41. The van der Waals surface area contributed by atoms with Crippen molar-refractivity contribution in [2.24, 2.45) is 5.73 Å². The molecule has 3 rings (SSSR count). The highest BCUT2D eigenvalue weighted by molar-refractivity contribution is 5.56. The smallest absolute Gasteiger partial charge is 0.261 e. The lowest BCUT2D eigenvalue weighted by Gasteiger charge is -2.29. The molecule has 0 aliphatic heterocycles. The van der Waals surface area contributed by atoms with Crippen molar-refractivity contribution < 1.29 is 13.7 Å². The summed E-state index contributed by atoms with van der Waals surface area (Å²) in [5.41, 5.74) is 6.31. The molecular formula is C15H21N3O3. The van der Waals surface area contributed by atoms with Gasteiger partial charge in [-0.25, -0.2) is 0 Å². The molecule has 2 aromatic heterocycles. The number of aromatic nitrogens is 2. The average Bonchev–Trinajstić information content (AvgIpc) is 2.94. The SMILES string of the molecule is Cc1cc(-c2nc(C(C)(N)COC3CCC3)no2)c(C)o1. The maximum Gasteiger partial charge on any atom is 0.261 e. The Bertz CT molecular complexity index is 626. The Morgan fingerprint density at radius 3 is 2.76 bits per heavy atom. The minimum atomic E-state index is -0.760. The first kappa shape index (κ1) is 14.3. The molecule has 6 heteroatoms. The van der Waals surface area contributed by atoms with Crippen molar-refractivity contribution in [3.63, 3.8) is 0 Å². The van der Waals surface area contributed by atoms with E-state index in [-0.39, 0.29) is 0 Å². The summed E-state index contributed by atoms with van der Waals surface area (Å²) in [7, 11) is 0. The number of aryl methyl sites for hydroxylation is 2. The van der Waals surface area contributed by atoms with Crippen molar-refractivity contribution in [3.8, 4) is 11.5 Å². The first-order valence-corrected chi connectivity index (χ1v) is 7.28. The van der Waals surface area contributed by atoms with E-state index in [0.29, 0.717) is 24.4 Å². The van der Waals surface area contributed by atoms with Gasteiger partial charge >= 0.3 is 0 Å². The number of nitrogens with two attached hydrogens (primary N) is 1. The van der Waals surface area contributed by atoms with E-state index < -0.39 is 5.54 Å². The molecule has 114 valence electrons. The van der Waals surface area contributed by atoms with Crippen molar-refractivity contribution in [3.05, 3.63) is 23.4 Å². The monoisotopic (exact) mass is 291 g/mol. The van der Waals surface area contributed by atoms with Gasteiger partial charge in [-0.05, 0) is 46.1 Å². The molecular weight excluding hydrogens is 270 g/mol. The predicted molar refractivity (Wildman–Crippen MR) is 76.6 cm³/mol. The van der Waals surface area contributed by atoms with Crippen LogP contribution in [0.5, 0.6) is 0 Å². The van der Waals surface area contributed by atoms with E-state index in [4.69, 9.17) is 19.4 Å². The number of nitrogens with zero attached hydrogens (tertiary/aromatic N) is 2. The molecule has 0 saturated heterocycles. The van der Waals surface area contributed by atoms with Gasteiger partial charge in [0.05, 0.1) is 18.3 Å². The van der Waals surface area contributed by atoms with Crippen LogP contribution < -0.4 is 5.73 Å². The highest BCUT2D eigenvalue weighted by Gasteiger charge is 2.31. The van der Waals surface area contributed by atoms with Crippen LogP contribution in [-0.4, -0.2) is 22.9 Å². The zero-order chi connectivity index (χ0) is 15.0. The van der Waals surface area contributed by atoms with Gasteiger partial charge in [0, 0.05) is 0 Å². The molecule has 0 aromatic carbocycles. The first-order chi connectivity index (χ1) is 9.95. The lowest BCUT2D eigenvalue weighted by molar-refractivity contribution is -0.0222. The van der Waals surface area contributed by atoms with E-state index in [0.717, 1.165) is 29.9 Å². The maximum atomic E-state index is 6.27. The van der Waals surface area contributed by atoms with Crippen LogP contribution in [0, 0.1) is 13.8 Å². The molecule has 1 aliphatic rings. The molecule has 1 unspecified atom stereocenters. The predicted octanol–water partition coefficient (Wildman–Crippen LogP) is 2.69. The van der Waals surface area contributed by atoms with E-state index >= 15 is 0 Å². The van der Waals surface area contributed by atoms with Gasteiger partial charge in [-0.2, -0.15) is 4.98 Å². The number of rotatable bonds is 5. The van der Waals surface area contributed by atoms with Crippen LogP contribution in [0.25, 0.3) is 11.5 Å². The van der Waals surface area contributed by atoms with E-state index in [2.05, 4.69) is 10.1 Å². The van der Waals surface area contributed by atoms with Crippen LogP contribution in [0.4, 0.5) is 0 Å². The van der Waals surface area contributed by atoms with E-state index in [1.807, 2.05) is 26.8 Å². The van der Waals surface area contributed by atoms with Crippen molar-refractivity contribution >= 4 is 0 Å². The fraction of sp³-hybridized carbons (Fsp3) is 0.600. The van der Waals surface area contributed by atoms with Gasteiger partial charge in [0.2, 0.25) is 0 Å². The van der Waals surface area contributed by atoms with Crippen molar-refractivity contribution in [1.82, 2.24) is 10.1 Å². The Morgan fingerprint density at radius 1 is 1.43 bits per heavy atom. The zero-order valence-electron chi connectivity index (χ0n) is 12.7. The topological polar surface area (TPSA) is 87.3 Å². The van der Waals surface area contributed by atoms with E-state index in [1.54, 1.807) is 0 Å². The van der Waals surface area contributed by atoms with Crippen LogP contribution >= 0.6 is 0 Å². The molecule has 2 heterocycles. The minimum absolute atomic E-state index is 0.331. The summed E-state index contributed by atoms with van der Waals surface area (Å²) in [6, 6.07) is 1.88. The van der Waals surface area contributed by atoms with Gasteiger partial charge in [-0.3, -0.25) is 0 Å². The summed E-state index contributed by atoms with van der Waals surface area (Å²) in [4.78, 5) is 4.41. The summed E-state index contributed by atoms with van der Waals surface area (Å²) in [6.07, 6.45) is 3.79. The molecule has 1 aliphatic carbocycles. The summed E-state index contributed by atoms with van der Waals surface area (Å²) in [6.45, 7) is 5.99. The van der Waals surface area contributed by atoms with Gasteiger partial charge in [0.15, 0.2) is 5.82 Å². The van der Waals surface area contributed by atoms with Gasteiger partial charge < -0.3 is 19.4 Å². The molecule has 2 N–H and O–H groups in total. The summed E-state index contributed by atoms with van der Waals surface area (Å²) in [5, 5.41) is 4.00. The third-order valence-electron chi connectivity index (χ3n) is 3.88. The molecule has 1 fully saturated rings. The normalized spacial score (nSPS) is 18.5. The second-order valence-corrected chi connectivity index (χ2v) is 6.03. The second kappa shape index (κ2) is 5.27. The van der Waals surface area contributed by atoms with Crippen molar-refractivity contribution in [1.29, 1.82) is 0 Å². The number of ether oxygens (including phenoxy) is 1. The Balaban J connectivity index is 1.75. The Morgan fingerprint density at radius 2 is 2.19 bits per heavy atom. The van der Waals surface area contributed by atoms with Crippen LogP contribution in [-0.2, 0) is 10.3 Å². The molecule has 2 aromatic rings. The molecule has 21 heavy (non-hydrogen) atoms. The molecule has 1 saturated carbocycles. The van der Waals surface area contributed by atoms with E-state index in [1.165, 1.54) is 6.42 Å². The highest BCUT2D eigenvalue weighted by atomic mass is 16.5. The van der Waals surface area contributed by atoms with E-state index in [9.17, 15) is 0 Å². The third kappa shape index (κ3) is 2.87. The van der Waals surface area contributed by atoms with Crippen molar-refractivity contribution in [2.75, 3.05) is 6.61 Å². The standard InChI is InChI=1S/C15H21N3O3/c1-9-7-12(10(2)20-9)13-17-14(18-21-13)15(3,16)8-19-11-5-4-6-11/h7,11H,4-6,8,16H2,1-3H3. The fourth-order valence-electron chi connectivity index (χ4n) is 2.30. The molecule has 0 amide bonds. The number of furan rings is 1. The second-order valence-electron chi connectivity index (χ2n) is 6.03. The highest BCUT2D eigenvalue weighted by Crippen LogP contribution is 2.28. The van der Waals surface area contributed by atoms with Gasteiger partial charge in [-0.1, -0.05) is 5.16 Å². The molecule has 0 spiro atoms. The largest absolute Gasteiger partial charge is 0.466 e. The summed E-state index contributed by atoms with van der Waals surface area (Å²) in [5.74, 6) is 2.45. The Hall–Kier alpha value is -1.66. The molecule has 1 atom stereocenters. The zero-order valence-corrected chi connectivity index (χ0v) is 12.7. The fourth-order valence-corrected chi connectivity index (χ4v) is 2.30. The summed E-state index contributed by atoms with van der Waals surface area (Å²) < 4.78 is 16.6. The summed E-state index contributed by atoms with van der Waals surface area (Å²) >= 11 is 0. The lowest BCUT2D eigenvalue weighted by atomic mass is 9.95. The molecule has 0 bridgehead atoms. The first-order valence-electron chi connectivity index (χ1n) is 7.28. The Kier molecular flexibility index (Phi) is 3.59. The van der Waals surface area contributed by atoms with Crippen LogP contribution in [0.3, 0.4) is 0 Å². The van der Waals surface area contributed by atoms with Crippen LogP contribution in [0.2, 0.25) is 0 Å². The van der Waals surface area contributed by atoms with Crippen LogP contribution in [0.1, 0.15) is 43.5 Å². The Labute approximate surface area is 123 Å². The average molecular weight is 291 g/mol. The molecule has 6 nitrogen and oxygen atoms in total. The van der Waals surface area contributed by atoms with Crippen LogP contribution in [0.15, 0.2) is 15.0 Å². The van der Waals surface area contributed by atoms with Gasteiger partial charge in [0.1, 0.15) is 17.1 Å². The quantitative estimate of drug-likeness (QED) is 0.911. The van der Waals surface area contributed by atoms with Gasteiger partial charge in [0.25, 0.3) is 5.89 Å². The number of hydrogen-bond acceptors (Lipinski definition) is 6. The van der Waals surface area contributed by atoms with Gasteiger partial charge in [-0.15, -0.1) is 0 Å². The molecule has 0 radical (unpaired) electrons.